The van der Waals surface area contributed by atoms with Crippen LogP contribution in [0.15, 0.2) is 16.9 Å². The van der Waals surface area contributed by atoms with Crippen LogP contribution in [0, 0.1) is 13.8 Å². The van der Waals surface area contributed by atoms with Crippen molar-refractivity contribution in [3.8, 4) is 0 Å². The van der Waals surface area contributed by atoms with E-state index in [0.717, 1.165) is 4.60 Å². The van der Waals surface area contributed by atoms with Gasteiger partial charge in [0.05, 0.1) is 0 Å². The summed E-state index contributed by atoms with van der Waals surface area (Å²) in [6.45, 7) is 4.12. The van der Waals surface area contributed by atoms with Crippen LogP contribution >= 0.6 is 15.9 Å². The van der Waals surface area contributed by atoms with E-state index in [1.807, 2.05) is 12.3 Å². The van der Waals surface area contributed by atoms with Crippen LogP contribution in [-0.4, -0.2) is 11.1 Å². The molecule has 0 saturated heterocycles. The third-order valence-electron chi connectivity index (χ3n) is 1.34. The summed E-state index contributed by atoms with van der Waals surface area (Å²) in [6.07, 6.45) is 2.11. The van der Waals surface area contributed by atoms with Crippen molar-refractivity contribution in [2.75, 3.05) is 0 Å². The fraction of sp³-hybridized carbons (Fsp3) is 0.250. The van der Waals surface area contributed by atoms with Crippen molar-refractivity contribution in [1.82, 2.24) is 4.98 Å². The molecule has 1 aromatic rings. The first-order valence-electron chi connectivity index (χ1n) is 3.20. The second-order valence-electron chi connectivity index (χ2n) is 2.17. The molecule has 0 fully saturated rings. The lowest BCUT2D eigenvalue weighted by Crippen LogP contribution is -1.82. The molecule has 0 aromatic carbocycles. The van der Waals surface area contributed by atoms with Gasteiger partial charge in [-0.1, -0.05) is 0 Å². The van der Waals surface area contributed by atoms with Crippen LogP contribution in [-0.2, 0) is 9.59 Å². The number of nitrogens with zero attached hydrogens (tertiary/aromatic N) is 1. The predicted molar refractivity (Wildman–Crippen MR) is 46.4 cm³/mol. The quantitative estimate of drug-likeness (QED) is 0.639. The van der Waals surface area contributed by atoms with Crippen molar-refractivity contribution in [2.24, 2.45) is 0 Å². The Bertz CT molecular complexity index is 293. The fourth-order valence-corrected chi connectivity index (χ4v) is 1.04. The summed E-state index contributed by atoms with van der Waals surface area (Å²) in [5.41, 5.74) is 2.51. The van der Waals surface area contributed by atoms with E-state index in [1.54, 1.807) is 0 Å². The molecule has 4 heteroatoms. The highest BCUT2D eigenvalue weighted by Gasteiger charge is 1.91. The van der Waals surface area contributed by atoms with Gasteiger partial charge >= 0.3 is 6.15 Å². The average molecular weight is 230 g/mol. The molecule has 0 unspecified atom stereocenters. The molecule has 0 N–H and O–H groups in total. The maximum absolute atomic E-state index is 8.12. The number of hydrogen-bond acceptors (Lipinski definition) is 3. The molecule has 1 rings (SSSR count). The Kier molecular flexibility index (Phi) is 5.17. The topological polar surface area (TPSA) is 47.0 Å². The van der Waals surface area contributed by atoms with Crippen LogP contribution in [0.5, 0.6) is 0 Å². The molecule has 0 amide bonds. The average Bonchev–Trinajstić information content (AvgIpc) is 1.99. The Balaban J connectivity index is 0.000000354. The summed E-state index contributed by atoms with van der Waals surface area (Å²) < 4.78 is 0.908. The fourth-order valence-electron chi connectivity index (χ4n) is 0.590. The van der Waals surface area contributed by atoms with Gasteiger partial charge in [0.25, 0.3) is 0 Å². The van der Waals surface area contributed by atoms with Crippen LogP contribution in [0.3, 0.4) is 0 Å². The zero-order valence-corrected chi connectivity index (χ0v) is 8.38. The summed E-state index contributed by atoms with van der Waals surface area (Å²) in [7, 11) is 0. The molecular weight excluding hydrogens is 222 g/mol. The van der Waals surface area contributed by atoms with Crippen LogP contribution in [0.1, 0.15) is 11.1 Å². The minimum atomic E-state index is 0.250. The first-order chi connectivity index (χ1) is 5.61. The van der Waals surface area contributed by atoms with E-state index in [2.05, 4.69) is 34.8 Å². The Labute approximate surface area is 78.9 Å². The highest BCUT2D eigenvalue weighted by Crippen LogP contribution is 2.10. The monoisotopic (exact) mass is 229 g/mol. The maximum atomic E-state index is 8.12. The highest BCUT2D eigenvalue weighted by molar-refractivity contribution is 9.10. The van der Waals surface area contributed by atoms with E-state index in [4.69, 9.17) is 9.59 Å². The van der Waals surface area contributed by atoms with Gasteiger partial charge in [-0.05, 0) is 47.0 Å². The molecule has 0 aliphatic heterocycles. The first kappa shape index (κ1) is 11.0. The van der Waals surface area contributed by atoms with E-state index in [0.29, 0.717) is 0 Å². The van der Waals surface area contributed by atoms with Crippen LogP contribution in [0.2, 0.25) is 0 Å². The van der Waals surface area contributed by atoms with E-state index in [-0.39, 0.29) is 6.15 Å². The van der Waals surface area contributed by atoms with Gasteiger partial charge in [-0.2, -0.15) is 9.59 Å². The van der Waals surface area contributed by atoms with Crippen molar-refractivity contribution in [3.05, 3.63) is 28.0 Å². The number of aromatic nitrogens is 1. The normalized spacial score (nSPS) is 7.92. The summed E-state index contributed by atoms with van der Waals surface area (Å²) >= 11 is 3.29. The third kappa shape index (κ3) is 4.01. The second-order valence-corrected chi connectivity index (χ2v) is 2.99. The molecule has 3 nitrogen and oxygen atoms in total. The van der Waals surface area contributed by atoms with Gasteiger partial charge in [-0.15, -0.1) is 0 Å². The number of carbonyl (C=O) groups excluding carboxylic acids is 2. The molecule has 0 atom stereocenters. The molecule has 0 aliphatic carbocycles. The standard InChI is InChI=1S/C7H8BrN.CO2/c1-5-3-7(8)9-4-6(5)2;2-1-3/h3-4H,1-2H3;. The zero-order chi connectivity index (χ0) is 9.56. The Morgan fingerprint density at radius 1 is 1.33 bits per heavy atom. The lowest BCUT2D eigenvalue weighted by Gasteiger charge is -1.96. The van der Waals surface area contributed by atoms with Gasteiger partial charge in [0, 0.05) is 6.20 Å². The summed E-state index contributed by atoms with van der Waals surface area (Å²) in [5, 5.41) is 0. The molecule has 0 aliphatic rings. The van der Waals surface area contributed by atoms with Gasteiger partial charge in [-0.3, -0.25) is 0 Å². The van der Waals surface area contributed by atoms with E-state index in [1.165, 1.54) is 11.1 Å². The molecule has 0 saturated carbocycles. The number of pyridine rings is 1. The predicted octanol–water partition coefficient (Wildman–Crippen LogP) is 1.88. The van der Waals surface area contributed by atoms with E-state index in [9.17, 15) is 0 Å². The molecule has 0 spiro atoms. The van der Waals surface area contributed by atoms with Gasteiger partial charge < -0.3 is 0 Å². The van der Waals surface area contributed by atoms with Crippen LogP contribution in [0.25, 0.3) is 0 Å². The highest BCUT2D eigenvalue weighted by atomic mass is 79.9. The summed E-state index contributed by atoms with van der Waals surface area (Å²) in [6, 6.07) is 2.01. The first-order valence-corrected chi connectivity index (χ1v) is 3.99. The largest absolute Gasteiger partial charge is 0.373 e. The summed E-state index contributed by atoms with van der Waals surface area (Å²) in [4.78, 5) is 20.3. The molecule has 0 bridgehead atoms. The van der Waals surface area contributed by atoms with E-state index >= 15 is 0 Å². The molecule has 1 heterocycles. The van der Waals surface area contributed by atoms with Gasteiger partial charge in [0.15, 0.2) is 0 Å². The van der Waals surface area contributed by atoms with Crippen molar-refractivity contribution in [1.29, 1.82) is 0 Å². The Morgan fingerprint density at radius 2 is 1.83 bits per heavy atom. The minimum absolute atomic E-state index is 0.250. The second kappa shape index (κ2) is 5.63. The van der Waals surface area contributed by atoms with Crippen LogP contribution < -0.4 is 0 Å². The smallest absolute Gasteiger partial charge is 0.249 e. The number of hydrogen-bond donors (Lipinski definition) is 0. The lowest BCUT2D eigenvalue weighted by atomic mass is 10.2. The van der Waals surface area contributed by atoms with Crippen molar-refractivity contribution < 1.29 is 9.59 Å². The number of halogens is 1. The van der Waals surface area contributed by atoms with Crippen molar-refractivity contribution in [2.45, 2.75) is 13.8 Å². The van der Waals surface area contributed by atoms with Crippen molar-refractivity contribution >= 4 is 22.1 Å². The summed E-state index contributed by atoms with van der Waals surface area (Å²) in [5.74, 6) is 0. The van der Waals surface area contributed by atoms with Gasteiger partial charge in [-0.25, -0.2) is 4.98 Å². The molecule has 64 valence electrons. The Morgan fingerprint density at radius 3 is 2.17 bits per heavy atom. The third-order valence-corrected chi connectivity index (χ3v) is 1.77. The SMILES string of the molecule is Cc1cnc(Br)cc1C.O=C=O. The van der Waals surface area contributed by atoms with Crippen LogP contribution in [0.4, 0.5) is 0 Å². The van der Waals surface area contributed by atoms with E-state index < -0.39 is 0 Å². The molecular formula is C8H8BrNO2. The zero-order valence-electron chi connectivity index (χ0n) is 6.80. The maximum Gasteiger partial charge on any atom is 0.373 e. The lowest BCUT2D eigenvalue weighted by molar-refractivity contribution is -0.191. The molecule has 0 radical (unpaired) electrons. The minimum Gasteiger partial charge on any atom is -0.249 e. The molecule has 1 aromatic heterocycles. The van der Waals surface area contributed by atoms with Crippen molar-refractivity contribution in [3.63, 3.8) is 0 Å². The van der Waals surface area contributed by atoms with Gasteiger partial charge in [0.1, 0.15) is 4.60 Å². The number of rotatable bonds is 0. The molecule has 12 heavy (non-hydrogen) atoms. The van der Waals surface area contributed by atoms with Gasteiger partial charge in [0.2, 0.25) is 0 Å². The number of aryl methyl sites for hydroxylation is 2. The Hall–Kier alpha value is -0.990.